The highest BCUT2D eigenvalue weighted by molar-refractivity contribution is 6.27. The van der Waals surface area contributed by atoms with E-state index in [9.17, 15) is 4.79 Å². The molecule has 0 rings (SSSR count). The van der Waals surface area contributed by atoms with E-state index >= 15 is 0 Å². The van der Waals surface area contributed by atoms with Crippen molar-refractivity contribution < 1.29 is 9.90 Å². The van der Waals surface area contributed by atoms with Crippen molar-refractivity contribution in [3.05, 3.63) is 0 Å². The Morgan fingerprint density at radius 2 is 2.56 bits per heavy atom. The fourth-order valence-electron chi connectivity index (χ4n) is 0.164. The van der Waals surface area contributed by atoms with Gasteiger partial charge in [-0.1, -0.05) is 11.6 Å². The summed E-state index contributed by atoms with van der Waals surface area (Å²) in [5, 5.41) is 11.1. The van der Waals surface area contributed by atoms with Gasteiger partial charge in [0.25, 0.3) is 0 Å². The van der Waals surface area contributed by atoms with E-state index in [1.807, 2.05) is 0 Å². The van der Waals surface area contributed by atoms with E-state index in [0.717, 1.165) is 6.21 Å². The highest BCUT2D eigenvalue weighted by Gasteiger charge is 1.89. The number of carbonyl (C=O) groups is 1. The molecule has 0 aromatic heterocycles. The number of halogens is 1. The lowest BCUT2D eigenvalue weighted by atomic mass is 10.7. The van der Waals surface area contributed by atoms with Crippen LogP contribution < -0.4 is 11.2 Å². The number of carboxylic acid groups (broad SMARTS) is 1. The van der Waals surface area contributed by atoms with E-state index < -0.39 is 11.6 Å². The van der Waals surface area contributed by atoms with Crippen LogP contribution in [0.25, 0.3) is 0 Å². The molecule has 9 heavy (non-hydrogen) atoms. The smallest absolute Gasteiger partial charge is 0.425 e. The van der Waals surface area contributed by atoms with Gasteiger partial charge >= 0.3 is 6.09 Å². The minimum atomic E-state index is -1.25. The van der Waals surface area contributed by atoms with Gasteiger partial charge in [-0.05, 0) is 0 Å². The quantitative estimate of drug-likeness (QED) is 0.220. The highest BCUT2D eigenvalue weighted by atomic mass is 35.5. The Kier molecular flexibility index (Phi) is 3.74. The van der Waals surface area contributed by atoms with Crippen molar-refractivity contribution in [1.29, 1.82) is 0 Å². The highest BCUT2D eigenvalue weighted by Crippen LogP contribution is 1.76. The zero-order chi connectivity index (χ0) is 7.28. The molecule has 0 aliphatic rings. The minimum absolute atomic E-state index is 0.753. The Hall–Kier alpha value is -0.810. The second-order valence-electron chi connectivity index (χ2n) is 1.14. The number of rotatable bonds is 2. The number of nitrogens with zero attached hydrogens (tertiary/aromatic N) is 1. The Labute approximate surface area is 56.5 Å². The number of hydrogen-bond acceptors (Lipinski definition) is 3. The van der Waals surface area contributed by atoms with Crippen molar-refractivity contribution in [3.63, 3.8) is 0 Å². The molecular weight excluding hydrogens is 146 g/mol. The van der Waals surface area contributed by atoms with Crippen LogP contribution in [0.5, 0.6) is 0 Å². The van der Waals surface area contributed by atoms with Crippen molar-refractivity contribution in [1.82, 2.24) is 5.43 Å². The van der Waals surface area contributed by atoms with Gasteiger partial charge in [0, 0.05) is 0 Å². The maximum atomic E-state index is 9.67. The SMILES string of the molecule is NC(Cl)C=NNC(=O)O. The van der Waals surface area contributed by atoms with Crippen molar-refractivity contribution >= 4 is 23.9 Å². The molecule has 0 fully saturated rings. The number of hydrazone groups is 1. The van der Waals surface area contributed by atoms with Crippen LogP contribution >= 0.6 is 11.6 Å². The Bertz CT molecular complexity index is 124. The van der Waals surface area contributed by atoms with Crippen molar-refractivity contribution in [2.24, 2.45) is 10.8 Å². The van der Waals surface area contributed by atoms with E-state index in [0.29, 0.717) is 0 Å². The van der Waals surface area contributed by atoms with Crippen LogP contribution in [0.4, 0.5) is 4.79 Å². The van der Waals surface area contributed by atoms with Crippen molar-refractivity contribution in [2.45, 2.75) is 5.50 Å². The maximum Gasteiger partial charge on any atom is 0.425 e. The summed E-state index contributed by atoms with van der Waals surface area (Å²) < 4.78 is 0. The summed E-state index contributed by atoms with van der Waals surface area (Å²) in [5.74, 6) is 0. The van der Waals surface area contributed by atoms with Crippen LogP contribution in [0.15, 0.2) is 5.10 Å². The fourth-order valence-corrected chi connectivity index (χ4v) is 0.220. The average Bonchev–Trinajstić information content (AvgIpc) is 1.63. The van der Waals surface area contributed by atoms with Crippen LogP contribution in [0.1, 0.15) is 0 Å². The Morgan fingerprint density at radius 1 is 2.00 bits per heavy atom. The molecule has 4 N–H and O–H groups in total. The predicted molar refractivity (Wildman–Crippen MR) is 33.5 cm³/mol. The first-order chi connectivity index (χ1) is 4.13. The van der Waals surface area contributed by atoms with Crippen molar-refractivity contribution in [3.8, 4) is 0 Å². The molecule has 5 nitrogen and oxygen atoms in total. The van der Waals surface area contributed by atoms with Crippen LogP contribution in [0.3, 0.4) is 0 Å². The van der Waals surface area contributed by atoms with Gasteiger partial charge in [0.1, 0.15) is 5.50 Å². The molecule has 0 aliphatic heterocycles. The first-order valence-corrected chi connectivity index (χ1v) is 2.48. The summed E-state index contributed by atoms with van der Waals surface area (Å²) in [5.41, 5.74) is 5.91. The number of hydrogen-bond donors (Lipinski definition) is 3. The maximum absolute atomic E-state index is 9.67. The summed E-state index contributed by atoms with van der Waals surface area (Å²) in [6.45, 7) is 0. The van der Waals surface area contributed by atoms with Gasteiger partial charge in [0.2, 0.25) is 0 Å². The molecule has 52 valence electrons. The summed E-state index contributed by atoms with van der Waals surface area (Å²) in [4.78, 5) is 9.67. The zero-order valence-corrected chi connectivity index (χ0v) is 5.17. The first-order valence-electron chi connectivity index (χ1n) is 2.04. The third-order valence-corrected chi connectivity index (χ3v) is 0.490. The second-order valence-corrected chi connectivity index (χ2v) is 1.64. The fraction of sp³-hybridized carbons (Fsp3) is 0.333. The van der Waals surface area contributed by atoms with Crippen LogP contribution in [-0.2, 0) is 0 Å². The lowest BCUT2D eigenvalue weighted by Gasteiger charge is -1.90. The Balaban J connectivity index is 3.36. The van der Waals surface area contributed by atoms with Gasteiger partial charge in [0.15, 0.2) is 0 Å². The molecule has 0 spiro atoms. The van der Waals surface area contributed by atoms with Crippen LogP contribution in [-0.4, -0.2) is 22.9 Å². The predicted octanol–water partition coefficient (Wildman–Crippen LogP) is -0.237. The summed E-state index contributed by atoms with van der Waals surface area (Å²) >= 11 is 5.16. The van der Waals surface area contributed by atoms with E-state index in [2.05, 4.69) is 5.10 Å². The third-order valence-electron chi connectivity index (χ3n) is 0.377. The van der Waals surface area contributed by atoms with Gasteiger partial charge < -0.3 is 10.8 Å². The van der Waals surface area contributed by atoms with Gasteiger partial charge in [0.05, 0.1) is 6.21 Å². The van der Waals surface area contributed by atoms with Crippen LogP contribution in [0, 0.1) is 0 Å². The monoisotopic (exact) mass is 151 g/mol. The van der Waals surface area contributed by atoms with Crippen molar-refractivity contribution in [2.75, 3.05) is 0 Å². The van der Waals surface area contributed by atoms with E-state index in [-0.39, 0.29) is 0 Å². The number of nitrogens with two attached hydrogens (primary N) is 1. The molecule has 0 bridgehead atoms. The van der Waals surface area contributed by atoms with E-state index in [4.69, 9.17) is 22.4 Å². The number of alkyl halides is 1. The molecule has 1 unspecified atom stereocenters. The van der Waals surface area contributed by atoms with Gasteiger partial charge in [-0.25, -0.2) is 10.2 Å². The molecule has 1 amide bonds. The molecular formula is C3H6ClN3O2. The lowest BCUT2D eigenvalue weighted by Crippen LogP contribution is -2.19. The average molecular weight is 152 g/mol. The molecule has 0 saturated carbocycles. The molecule has 0 aliphatic carbocycles. The van der Waals surface area contributed by atoms with Crippen LogP contribution in [0.2, 0.25) is 0 Å². The van der Waals surface area contributed by atoms with E-state index in [1.54, 1.807) is 5.43 Å². The topological polar surface area (TPSA) is 87.7 Å². The third kappa shape index (κ3) is 7.19. The standard InChI is InChI=1S/C3H6ClN3O2/c4-2(5)1-6-7-3(8)9/h1-2,7H,5H2,(H,8,9). The second kappa shape index (κ2) is 4.11. The zero-order valence-electron chi connectivity index (χ0n) is 4.41. The summed E-state index contributed by atoms with van der Waals surface area (Å²) in [6.07, 6.45) is -0.182. The summed E-state index contributed by atoms with van der Waals surface area (Å²) in [7, 11) is 0. The molecule has 0 aromatic rings. The molecule has 0 aromatic carbocycles. The first kappa shape index (κ1) is 8.19. The normalized spacial score (nSPS) is 13.6. The van der Waals surface area contributed by atoms with E-state index in [1.165, 1.54) is 0 Å². The lowest BCUT2D eigenvalue weighted by molar-refractivity contribution is 0.195. The van der Waals surface area contributed by atoms with Gasteiger partial charge in [-0.2, -0.15) is 5.10 Å². The molecule has 0 radical (unpaired) electrons. The molecule has 0 saturated heterocycles. The van der Waals surface area contributed by atoms with Gasteiger partial charge in [-0.3, -0.25) is 0 Å². The molecule has 1 atom stereocenters. The Morgan fingerprint density at radius 3 is 2.89 bits per heavy atom. The number of nitrogens with one attached hydrogen (secondary N) is 1. The molecule has 0 heterocycles. The van der Waals surface area contributed by atoms with Gasteiger partial charge in [-0.15, -0.1) is 0 Å². The largest absolute Gasteiger partial charge is 0.464 e. The molecule has 6 heteroatoms. The number of amides is 1. The summed E-state index contributed by atoms with van der Waals surface area (Å²) in [6, 6.07) is 0. The minimum Gasteiger partial charge on any atom is -0.464 e.